The van der Waals surface area contributed by atoms with Gasteiger partial charge in [-0.05, 0) is 80.3 Å². The van der Waals surface area contributed by atoms with Crippen molar-refractivity contribution in [3.63, 3.8) is 0 Å². The Hall–Kier alpha value is -2.98. The molecule has 1 aromatic carbocycles. The first-order valence-corrected chi connectivity index (χ1v) is 15.0. The van der Waals surface area contributed by atoms with Crippen LogP contribution in [0.1, 0.15) is 62.1 Å². The Bertz CT molecular complexity index is 1330. The molecule has 1 saturated carbocycles. The van der Waals surface area contributed by atoms with Crippen LogP contribution in [-0.2, 0) is 14.8 Å². The molecule has 0 atom stereocenters. The maximum atomic E-state index is 13.2. The van der Waals surface area contributed by atoms with Crippen molar-refractivity contribution in [3.8, 4) is 0 Å². The van der Waals surface area contributed by atoms with Gasteiger partial charge in [0.15, 0.2) is 0 Å². The molecule has 3 aliphatic rings. The fourth-order valence-corrected chi connectivity index (χ4v) is 7.10. The number of carbonyl (C=O) groups is 1. The lowest BCUT2D eigenvalue weighted by Crippen LogP contribution is -2.50. The van der Waals surface area contributed by atoms with Gasteiger partial charge in [-0.1, -0.05) is 19.8 Å². The number of piperidine rings is 1. The van der Waals surface area contributed by atoms with E-state index >= 15 is 0 Å². The van der Waals surface area contributed by atoms with Gasteiger partial charge in [0.2, 0.25) is 16.0 Å². The van der Waals surface area contributed by atoms with Crippen LogP contribution in [0, 0.1) is 25.7 Å². The molecule has 1 spiro atoms. The fraction of sp³-hybridized carbons (Fsp3) is 0.536. The number of benzene rings is 1. The van der Waals surface area contributed by atoms with Gasteiger partial charge in [-0.2, -0.15) is 4.31 Å². The van der Waals surface area contributed by atoms with E-state index in [1.54, 1.807) is 18.5 Å². The van der Waals surface area contributed by atoms with Gasteiger partial charge in [-0.25, -0.2) is 13.4 Å². The second-order valence-corrected chi connectivity index (χ2v) is 13.0. The molecule has 2 N–H and O–H groups in total. The van der Waals surface area contributed by atoms with Crippen LogP contribution < -0.4 is 10.2 Å². The van der Waals surface area contributed by atoms with Crippen molar-refractivity contribution in [2.24, 2.45) is 16.8 Å². The minimum Gasteiger partial charge on any atom is -0.331 e. The van der Waals surface area contributed by atoms with Crippen molar-refractivity contribution < 1.29 is 13.2 Å². The average molecular weight is 539 g/mol. The summed E-state index contributed by atoms with van der Waals surface area (Å²) in [6, 6.07) is 4.04. The third-order valence-corrected chi connectivity index (χ3v) is 10.0. The molecule has 1 saturated heterocycles. The van der Waals surface area contributed by atoms with Crippen LogP contribution in [0.15, 0.2) is 34.9 Å². The number of hydrogen-bond acceptors (Lipinski definition) is 6. The molecule has 204 valence electrons. The Balaban J connectivity index is 1.26. The molecule has 1 aliphatic carbocycles. The molecule has 2 fully saturated rings. The van der Waals surface area contributed by atoms with Crippen LogP contribution in [0.2, 0.25) is 0 Å². The van der Waals surface area contributed by atoms with Crippen molar-refractivity contribution in [1.29, 1.82) is 0 Å². The standard InChI is InChI=1S/C28H38N6O3S/c1-19-5-7-22(8-6-19)25-31-26(35)28(32-25)10-14-34(15-11-28)38(36,37)16-9-24-20(2)17-23(18-21(24)3)33(4)27-29-12-13-30-27/h9,12-13,16-19,22H,5-8,10-11,14-15H2,1-4H3,(H,29,30)(H,31,32,35)/b16-9+. The summed E-state index contributed by atoms with van der Waals surface area (Å²) < 4.78 is 27.9. The summed E-state index contributed by atoms with van der Waals surface area (Å²) in [7, 11) is -1.70. The van der Waals surface area contributed by atoms with Gasteiger partial charge in [0.05, 0.1) is 0 Å². The number of H-pyrrole nitrogens is 1. The zero-order valence-corrected chi connectivity index (χ0v) is 23.5. The number of imidazole rings is 1. The van der Waals surface area contributed by atoms with E-state index < -0.39 is 15.6 Å². The number of rotatable bonds is 6. The second-order valence-electron chi connectivity index (χ2n) is 11.2. The lowest BCUT2D eigenvalue weighted by molar-refractivity contribution is -0.125. The number of sulfonamides is 1. The predicted molar refractivity (Wildman–Crippen MR) is 151 cm³/mol. The zero-order valence-electron chi connectivity index (χ0n) is 22.7. The molecule has 5 rings (SSSR count). The highest BCUT2D eigenvalue weighted by Crippen LogP contribution is 2.36. The van der Waals surface area contributed by atoms with Crippen molar-refractivity contribution in [3.05, 3.63) is 46.6 Å². The van der Waals surface area contributed by atoms with Crippen LogP contribution in [0.25, 0.3) is 6.08 Å². The van der Waals surface area contributed by atoms with Crippen LogP contribution in [-0.4, -0.2) is 60.1 Å². The molecule has 2 aromatic rings. The molecule has 2 aliphatic heterocycles. The molecule has 0 bridgehead atoms. The summed E-state index contributed by atoms with van der Waals surface area (Å²) in [6.45, 7) is 6.79. The first-order chi connectivity index (χ1) is 18.1. The van der Waals surface area contributed by atoms with Crippen LogP contribution in [0.3, 0.4) is 0 Å². The molecular formula is C28H38N6O3S. The summed E-state index contributed by atoms with van der Waals surface area (Å²) in [5.74, 6) is 2.54. The topological polar surface area (TPSA) is 111 Å². The number of hydrogen-bond donors (Lipinski definition) is 2. The number of anilines is 2. The van der Waals surface area contributed by atoms with Crippen LogP contribution >= 0.6 is 0 Å². The maximum Gasteiger partial charge on any atom is 0.253 e. The van der Waals surface area contributed by atoms with E-state index in [0.29, 0.717) is 18.8 Å². The Morgan fingerprint density at radius 1 is 1.11 bits per heavy atom. The molecular weight excluding hydrogens is 500 g/mol. The highest BCUT2D eigenvalue weighted by atomic mass is 32.2. The van der Waals surface area contributed by atoms with E-state index in [2.05, 4.69) is 22.2 Å². The third kappa shape index (κ3) is 5.16. The minimum atomic E-state index is -3.63. The van der Waals surface area contributed by atoms with Crippen LogP contribution in [0.4, 0.5) is 11.6 Å². The Labute approximate surface area is 225 Å². The molecule has 0 radical (unpaired) electrons. The molecule has 9 nitrogen and oxygen atoms in total. The molecule has 10 heteroatoms. The fourth-order valence-electron chi connectivity index (χ4n) is 5.93. The van der Waals surface area contributed by atoms with Gasteiger partial charge in [-0.3, -0.25) is 9.79 Å². The van der Waals surface area contributed by atoms with Crippen molar-refractivity contribution in [2.75, 3.05) is 25.0 Å². The van der Waals surface area contributed by atoms with E-state index in [4.69, 9.17) is 4.99 Å². The van der Waals surface area contributed by atoms with Gasteiger partial charge >= 0.3 is 0 Å². The predicted octanol–water partition coefficient (Wildman–Crippen LogP) is 4.28. The van der Waals surface area contributed by atoms with Gasteiger partial charge in [0, 0.05) is 49.5 Å². The van der Waals surface area contributed by atoms with Crippen molar-refractivity contribution >= 4 is 39.5 Å². The Morgan fingerprint density at radius 2 is 1.76 bits per heavy atom. The average Bonchev–Trinajstić information content (AvgIpc) is 3.53. The number of amidine groups is 1. The number of aliphatic imine (C=N–C) groups is 1. The Kier molecular flexibility index (Phi) is 7.21. The molecule has 3 heterocycles. The Morgan fingerprint density at radius 3 is 2.37 bits per heavy atom. The quantitative estimate of drug-likeness (QED) is 0.570. The van der Waals surface area contributed by atoms with Crippen molar-refractivity contribution in [2.45, 2.75) is 64.8 Å². The van der Waals surface area contributed by atoms with Crippen molar-refractivity contribution in [1.82, 2.24) is 19.6 Å². The number of aryl methyl sites for hydroxylation is 2. The van der Waals surface area contributed by atoms with E-state index in [1.165, 1.54) is 9.71 Å². The highest BCUT2D eigenvalue weighted by molar-refractivity contribution is 7.92. The number of nitrogens with one attached hydrogen (secondary N) is 2. The summed E-state index contributed by atoms with van der Waals surface area (Å²) in [5, 5.41) is 4.35. The van der Waals surface area contributed by atoms with Gasteiger partial charge in [0.1, 0.15) is 11.4 Å². The lowest BCUT2D eigenvalue weighted by Gasteiger charge is -2.34. The lowest BCUT2D eigenvalue weighted by atomic mass is 9.82. The number of aromatic nitrogens is 2. The zero-order chi connectivity index (χ0) is 27.1. The number of carbonyl (C=O) groups excluding carboxylic acids is 1. The summed E-state index contributed by atoms with van der Waals surface area (Å²) in [6.07, 6.45) is 10.4. The number of aromatic amines is 1. The highest BCUT2D eigenvalue weighted by Gasteiger charge is 2.48. The largest absolute Gasteiger partial charge is 0.331 e. The van der Waals surface area contributed by atoms with E-state index in [9.17, 15) is 13.2 Å². The molecule has 0 unspecified atom stereocenters. The van der Waals surface area contributed by atoms with Gasteiger partial charge in [0.25, 0.3) is 5.91 Å². The van der Waals surface area contributed by atoms with Crippen LogP contribution in [0.5, 0.6) is 0 Å². The number of nitrogens with zero attached hydrogens (tertiary/aromatic N) is 4. The molecule has 1 aromatic heterocycles. The molecule has 1 amide bonds. The summed E-state index contributed by atoms with van der Waals surface area (Å²) >= 11 is 0. The SMILES string of the molecule is Cc1cc(N(C)c2ncc[nH]2)cc(C)c1/C=C/S(=O)(=O)N1CCC2(CC1)N=C(C1CCC(C)CC1)NC2=O. The van der Waals surface area contributed by atoms with Gasteiger partial charge < -0.3 is 15.2 Å². The summed E-state index contributed by atoms with van der Waals surface area (Å²) in [4.78, 5) is 27.2. The van der Waals surface area contributed by atoms with E-state index in [1.807, 2.05) is 37.9 Å². The normalized spacial score (nSPS) is 24.1. The number of amides is 1. The monoisotopic (exact) mass is 538 g/mol. The smallest absolute Gasteiger partial charge is 0.253 e. The first kappa shape index (κ1) is 26.6. The summed E-state index contributed by atoms with van der Waals surface area (Å²) in [5.41, 5.74) is 2.98. The minimum absolute atomic E-state index is 0.0652. The molecule has 38 heavy (non-hydrogen) atoms. The second kappa shape index (κ2) is 10.3. The van der Waals surface area contributed by atoms with E-state index in [-0.39, 0.29) is 19.0 Å². The van der Waals surface area contributed by atoms with Gasteiger partial charge in [-0.15, -0.1) is 0 Å². The maximum absolute atomic E-state index is 13.2. The first-order valence-electron chi connectivity index (χ1n) is 13.5. The third-order valence-electron chi connectivity index (χ3n) is 8.48. The van der Waals surface area contributed by atoms with E-state index in [0.717, 1.165) is 65.8 Å².